The van der Waals surface area contributed by atoms with E-state index in [2.05, 4.69) is 5.32 Å². The second kappa shape index (κ2) is 5.80. The van der Waals surface area contributed by atoms with Crippen molar-refractivity contribution in [2.75, 3.05) is 6.61 Å². The quantitative estimate of drug-likeness (QED) is 0.930. The van der Waals surface area contributed by atoms with Gasteiger partial charge >= 0.3 is 0 Å². The van der Waals surface area contributed by atoms with E-state index >= 15 is 0 Å². The molecule has 4 heteroatoms. The molecule has 1 aromatic carbocycles. The number of carbonyl (C=O) groups excluding carboxylic acids is 1. The van der Waals surface area contributed by atoms with E-state index in [1.807, 2.05) is 32.0 Å². The van der Waals surface area contributed by atoms with Gasteiger partial charge in [-0.05, 0) is 44.9 Å². The van der Waals surface area contributed by atoms with Crippen LogP contribution in [0.1, 0.15) is 48.7 Å². The Balaban J connectivity index is 1.87. The van der Waals surface area contributed by atoms with Crippen LogP contribution >= 0.6 is 0 Å². The number of ether oxygens (including phenoxy) is 1. The van der Waals surface area contributed by atoms with Crippen LogP contribution in [0.2, 0.25) is 0 Å². The van der Waals surface area contributed by atoms with Gasteiger partial charge in [0.05, 0.1) is 6.61 Å². The molecule has 0 bridgehead atoms. The Morgan fingerprint density at radius 2 is 2.14 bits per heavy atom. The monoisotopic (exact) mass is 287 g/mol. The highest BCUT2D eigenvalue weighted by molar-refractivity contribution is 5.99. The molecule has 1 N–H and O–H groups in total. The smallest absolute Gasteiger partial charge is 0.287 e. The number of hydrogen-bond acceptors (Lipinski definition) is 3. The molecule has 0 atom stereocenters. The van der Waals surface area contributed by atoms with Gasteiger partial charge < -0.3 is 14.5 Å². The first-order valence-corrected chi connectivity index (χ1v) is 7.66. The Hall–Kier alpha value is -1.97. The zero-order chi connectivity index (χ0) is 14.8. The van der Waals surface area contributed by atoms with Crippen molar-refractivity contribution < 1.29 is 13.9 Å². The van der Waals surface area contributed by atoms with E-state index < -0.39 is 0 Å². The van der Waals surface area contributed by atoms with Crippen molar-refractivity contribution in [1.82, 2.24) is 5.32 Å². The summed E-state index contributed by atoms with van der Waals surface area (Å²) in [7, 11) is 0. The molecule has 1 aliphatic rings. The van der Waals surface area contributed by atoms with E-state index in [9.17, 15) is 4.79 Å². The van der Waals surface area contributed by atoms with Crippen LogP contribution in [0.15, 0.2) is 22.6 Å². The van der Waals surface area contributed by atoms with Crippen LogP contribution in [-0.2, 0) is 0 Å². The summed E-state index contributed by atoms with van der Waals surface area (Å²) < 4.78 is 11.2. The predicted molar refractivity (Wildman–Crippen MR) is 81.8 cm³/mol. The van der Waals surface area contributed by atoms with Gasteiger partial charge in [-0.15, -0.1) is 0 Å². The number of amides is 1. The predicted octanol–water partition coefficient (Wildman–Crippen LogP) is 3.81. The van der Waals surface area contributed by atoms with Gasteiger partial charge in [0.2, 0.25) is 0 Å². The molecule has 0 saturated heterocycles. The Morgan fingerprint density at radius 3 is 2.86 bits per heavy atom. The lowest BCUT2D eigenvalue weighted by atomic mass is 10.1. The minimum atomic E-state index is -0.103. The highest BCUT2D eigenvalue weighted by Crippen LogP contribution is 2.29. The second-order valence-corrected chi connectivity index (χ2v) is 5.60. The summed E-state index contributed by atoms with van der Waals surface area (Å²) in [6.45, 7) is 4.50. The molecule has 1 heterocycles. The lowest BCUT2D eigenvalue weighted by molar-refractivity contribution is 0.0911. The molecule has 4 nitrogen and oxygen atoms in total. The Kier molecular flexibility index (Phi) is 3.86. The molecule has 0 unspecified atom stereocenters. The van der Waals surface area contributed by atoms with Crippen LogP contribution < -0.4 is 10.1 Å². The number of rotatable bonds is 4. The fourth-order valence-corrected chi connectivity index (χ4v) is 2.99. The van der Waals surface area contributed by atoms with Gasteiger partial charge in [-0.1, -0.05) is 12.8 Å². The van der Waals surface area contributed by atoms with Crippen molar-refractivity contribution in [1.29, 1.82) is 0 Å². The Morgan fingerprint density at radius 1 is 1.38 bits per heavy atom. The largest absolute Gasteiger partial charge is 0.494 e. The standard InChI is InChI=1S/C17H21NO3/c1-3-20-13-8-9-15-14(10-13)11(2)16(21-15)17(19)18-12-6-4-5-7-12/h8-10,12H,3-7H2,1-2H3,(H,18,19). The van der Waals surface area contributed by atoms with Crippen LogP contribution in [0.3, 0.4) is 0 Å². The number of furan rings is 1. The Bertz CT molecular complexity index is 653. The minimum Gasteiger partial charge on any atom is -0.494 e. The number of aryl methyl sites for hydroxylation is 1. The molecule has 1 aromatic heterocycles. The molecular formula is C17H21NO3. The molecule has 1 amide bonds. The summed E-state index contributed by atoms with van der Waals surface area (Å²) in [5.41, 5.74) is 1.61. The first-order chi connectivity index (χ1) is 10.2. The van der Waals surface area contributed by atoms with E-state index in [1.165, 1.54) is 12.8 Å². The molecule has 1 aliphatic carbocycles. The average Bonchev–Trinajstić information content (AvgIpc) is 3.08. The second-order valence-electron chi connectivity index (χ2n) is 5.60. The van der Waals surface area contributed by atoms with E-state index in [0.29, 0.717) is 18.4 Å². The maximum Gasteiger partial charge on any atom is 0.287 e. The van der Waals surface area contributed by atoms with Crippen molar-refractivity contribution in [3.05, 3.63) is 29.5 Å². The van der Waals surface area contributed by atoms with Crippen LogP contribution in [0.5, 0.6) is 5.75 Å². The third-order valence-corrected chi connectivity index (χ3v) is 4.12. The van der Waals surface area contributed by atoms with Crippen molar-refractivity contribution in [3.63, 3.8) is 0 Å². The van der Waals surface area contributed by atoms with Crippen LogP contribution in [-0.4, -0.2) is 18.6 Å². The molecule has 21 heavy (non-hydrogen) atoms. The number of nitrogens with one attached hydrogen (secondary N) is 1. The fraction of sp³-hybridized carbons (Fsp3) is 0.471. The molecule has 0 aliphatic heterocycles. The van der Waals surface area contributed by atoms with Crippen LogP contribution in [0.25, 0.3) is 11.0 Å². The fourth-order valence-electron chi connectivity index (χ4n) is 2.99. The topological polar surface area (TPSA) is 51.5 Å². The van der Waals surface area contributed by atoms with E-state index in [-0.39, 0.29) is 5.91 Å². The molecule has 0 spiro atoms. The van der Waals surface area contributed by atoms with Crippen molar-refractivity contribution in [3.8, 4) is 5.75 Å². The van der Waals surface area contributed by atoms with Gasteiger partial charge in [-0.25, -0.2) is 0 Å². The summed E-state index contributed by atoms with van der Waals surface area (Å²) in [6, 6.07) is 5.96. The maximum absolute atomic E-state index is 12.4. The Labute approximate surface area is 124 Å². The average molecular weight is 287 g/mol. The van der Waals surface area contributed by atoms with Gasteiger partial charge in [-0.2, -0.15) is 0 Å². The summed E-state index contributed by atoms with van der Waals surface area (Å²) in [5, 5.41) is 4.01. The van der Waals surface area contributed by atoms with Crippen molar-refractivity contribution in [2.24, 2.45) is 0 Å². The first-order valence-electron chi connectivity index (χ1n) is 7.66. The number of benzene rings is 1. The lowest BCUT2D eigenvalue weighted by Gasteiger charge is -2.10. The number of carbonyl (C=O) groups is 1. The summed E-state index contributed by atoms with van der Waals surface area (Å²) in [6.07, 6.45) is 4.53. The van der Waals surface area contributed by atoms with E-state index in [0.717, 1.165) is 35.1 Å². The zero-order valence-electron chi connectivity index (χ0n) is 12.6. The SMILES string of the molecule is CCOc1ccc2oc(C(=O)NC3CCCC3)c(C)c2c1. The molecule has 0 radical (unpaired) electrons. The molecule has 112 valence electrons. The van der Waals surface area contributed by atoms with Crippen molar-refractivity contribution in [2.45, 2.75) is 45.6 Å². The maximum atomic E-state index is 12.4. The van der Waals surface area contributed by atoms with E-state index in [4.69, 9.17) is 9.15 Å². The number of fused-ring (bicyclic) bond motifs is 1. The van der Waals surface area contributed by atoms with Gasteiger partial charge in [0.25, 0.3) is 5.91 Å². The first kappa shape index (κ1) is 14.0. The van der Waals surface area contributed by atoms with Gasteiger partial charge in [-0.3, -0.25) is 4.79 Å². The molecule has 3 rings (SSSR count). The van der Waals surface area contributed by atoms with E-state index in [1.54, 1.807) is 0 Å². The van der Waals surface area contributed by atoms with Crippen LogP contribution in [0.4, 0.5) is 0 Å². The third-order valence-electron chi connectivity index (χ3n) is 4.12. The van der Waals surface area contributed by atoms with Gasteiger partial charge in [0.15, 0.2) is 5.76 Å². The van der Waals surface area contributed by atoms with Gasteiger partial charge in [0.1, 0.15) is 11.3 Å². The van der Waals surface area contributed by atoms with Gasteiger partial charge in [0, 0.05) is 17.0 Å². The lowest BCUT2D eigenvalue weighted by Crippen LogP contribution is -2.32. The molecule has 1 fully saturated rings. The third kappa shape index (κ3) is 2.75. The van der Waals surface area contributed by atoms with Crippen LogP contribution in [0, 0.1) is 6.92 Å². The summed E-state index contributed by atoms with van der Waals surface area (Å²) in [4.78, 5) is 12.4. The summed E-state index contributed by atoms with van der Waals surface area (Å²) in [5.74, 6) is 1.12. The summed E-state index contributed by atoms with van der Waals surface area (Å²) >= 11 is 0. The highest BCUT2D eigenvalue weighted by atomic mass is 16.5. The van der Waals surface area contributed by atoms with Crippen molar-refractivity contribution >= 4 is 16.9 Å². The normalized spacial score (nSPS) is 15.5. The molecular weight excluding hydrogens is 266 g/mol. The molecule has 2 aromatic rings. The number of hydrogen-bond donors (Lipinski definition) is 1. The highest BCUT2D eigenvalue weighted by Gasteiger charge is 2.22. The molecule has 1 saturated carbocycles. The minimum absolute atomic E-state index is 0.103. The zero-order valence-corrected chi connectivity index (χ0v) is 12.6.